The minimum absolute atomic E-state index is 0.204. The summed E-state index contributed by atoms with van der Waals surface area (Å²) in [7, 11) is 0. The first-order chi connectivity index (χ1) is 10.7. The van der Waals surface area contributed by atoms with E-state index in [1.54, 1.807) is 0 Å². The van der Waals surface area contributed by atoms with Crippen molar-refractivity contribution in [2.45, 2.75) is 93.3 Å². The van der Waals surface area contributed by atoms with Crippen LogP contribution in [0.15, 0.2) is 0 Å². The molecule has 0 aromatic carbocycles. The Labute approximate surface area is 142 Å². The van der Waals surface area contributed by atoms with Gasteiger partial charge in [0.15, 0.2) is 5.41 Å². The minimum Gasteiger partial charge on any atom is -0.462 e. The largest absolute Gasteiger partial charge is 0.462 e. The fourth-order valence-electron chi connectivity index (χ4n) is 2.37. The van der Waals surface area contributed by atoms with E-state index in [1.165, 1.54) is 0 Å². The summed E-state index contributed by atoms with van der Waals surface area (Å²) in [4.78, 5) is 25.4. The zero-order valence-corrected chi connectivity index (χ0v) is 16.3. The lowest BCUT2D eigenvalue weighted by atomic mass is 9.82. The Bertz CT molecular complexity index is 342. The van der Waals surface area contributed by atoms with Crippen molar-refractivity contribution in [2.75, 3.05) is 0 Å². The summed E-state index contributed by atoms with van der Waals surface area (Å²) in [6.45, 7) is 15.7. The maximum absolute atomic E-state index is 12.7. The third kappa shape index (κ3) is 5.50. The third-order valence-electron chi connectivity index (χ3n) is 5.47. The molecule has 136 valence electrons. The Hall–Kier alpha value is -1.06. The Morgan fingerprint density at radius 1 is 0.739 bits per heavy atom. The van der Waals surface area contributed by atoms with E-state index in [4.69, 9.17) is 9.47 Å². The van der Waals surface area contributed by atoms with E-state index in [2.05, 4.69) is 13.8 Å². The van der Waals surface area contributed by atoms with Crippen LogP contribution >= 0.6 is 0 Å². The third-order valence-corrected chi connectivity index (χ3v) is 5.47. The van der Waals surface area contributed by atoms with Crippen LogP contribution in [0, 0.1) is 17.3 Å². The fraction of sp³-hybridized carbons (Fsp3) is 0.895. The van der Waals surface area contributed by atoms with Crippen molar-refractivity contribution in [1.29, 1.82) is 0 Å². The van der Waals surface area contributed by atoms with Crippen LogP contribution in [0.25, 0.3) is 0 Å². The van der Waals surface area contributed by atoms with Crippen molar-refractivity contribution in [3.63, 3.8) is 0 Å². The van der Waals surface area contributed by atoms with Gasteiger partial charge in [-0.1, -0.05) is 54.4 Å². The first-order valence-electron chi connectivity index (χ1n) is 9.12. The lowest BCUT2D eigenvalue weighted by Gasteiger charge is -2.32. The maximum atomic E-state index is 12.7. The van der Waals surface area contributed by atoms with Crippen molar-refractivity contribution in [3.8, 4) is 0 Å². The van der Waals surface area contributed by atoms with E-state index < -0.39 is 17.4 Å². The maximum Gasteiger partial charge on any atom is 0.323 e. The Morgan fingerprint density at radius 3 is 1.26 bits per heavy atom. The van der Waals surface area contributed by atoms with Gasteiger partial charge in [0.05, 0.1) is 0 Å². The van der Waals surface area contributed by atoms with Gasteiger partial charge in [-0.25, -0.2) is 0 Å². The van der Waals surface area contributed by atoms with Crippen molar-refractivity contribution in [1.82, 2.24) is 0 Å². The molecule has 0 saturated heterocycles. The van der Waals surface area contributed by atoms with Gasteiger partial charge in [0.2, 0.25) is 0 Å². The number of rotatable bonds is 10. The fourth-order valence-corrected chi connectivity index (χ4v) is 2.37. The van der Waals surface area contributed by atoms with E-state index in [-0.39, 0.29) is 24.0 Å². The molecule has 0 radical (unpaired) electrons. The van der Waals surface area contributed by atoms with E-state index in [1.807, 2.05) is 41.5 Å². The SMILES string of the molecule is CCC(C)C(C)OC(=O)C(CC)(CC)C(=O)OC(C)C(C)CC. The van der Waals surface area contributed by atoms with Crippen LogP contribution in [0.3, 0.4) is 0 Å². The number of hydrogen-bond donors (Lipinski definition) is 0. The van der Waals surface area contributed by atoms with Gasteiger partial charge in [-0.3, -0.25) is 9.59 Å². The van der Waals surface area contributed by atoms with Crippen LogP contribution in [-0.4, -0.2) is 24.1 Å². The molecule has 0 aliphatic rings. The number of ether oxygens (including phenoxy) is 2. The van der Waals surface area contributed by atoms with Crippen LogP contribution in [-0.2, 0) is 19.1 Å². The molecular weight excluding hydrogens is 292 g/mol. The van der Waals surface area contributed by atoms with Crippen LogP contribution in [0.1, 0.15) is 81.1 Å². The zero-order valence-electron chi connectivity index (χ0n) is 16.3. The van der Waals surface area contributed by atoms with Crippen LogP contribution in [0.5, 0.6) is 0 Å². The molecule has 0 aromatic heterocycles. The highest BCUT2D eigenvalue weighted by molar-refractivity contribution is 6.00. The zero-order chi connectivity index (χ0) is 18.2. The number of esters is 2. The molecule has 0 rings (SSSR count). The Balaban J connectivity index is 5.16. The van der Waals surface area contributed by atoms with Crippen LogP contribution in [0.4, 0.5) is 0 Å². The van der Waals surface area contributed by atoms with E-state index >= 15 is 0 Å². The highest BCUT2D eigenvalue weighted by atomic mass is 16.6. The Kier molecular flexibility index (Phi) is 9.48. The number of carbonyl (C=O) groups is 2. The number of carbonyl (C=O) groups excluding carboxylic acids is 2. The van der Waals surface area contributed by atoms with E-state index in [9.17, 15) is 9.59 Å². The predicted molar refractivity (Wildman–Crippen MR) is 93.0 cm³/mol. The molecule has 4 atom stereocenters. The topological polar surface area (TPSA) is 52.6 Å². The molecule has 0 aliphatic carbocycles. The second kappa shape index (κ2) is 9.94. The molecule has 4 unspecified atom stereocenters. The first kappa shape index (κ1) is 21.9. The van der Waals surface area contributed by atoms with Gasteiger partial charge in [0, 0.05) is 0 Å². The highest BCUT2D eigenvalue weighted by Crippen LogP contribution is 2.32. The van der Waals surface area contributed by atoms with Crippen molar-refractivity contribution in [3.05, 3.63) is 0 Å². The lowest BCUT2D eigenvalue weighted by molar-refractivity contribution is -0.181. The predicted octanol–water partition coefficient (Wildman–Crippen LogP) is 4.75. The van der Waals surface area contributed by atoms with Crippen LogP contribution in [0.2, 0.25) is 0 Å². The summed E-state index contributed by atoms with van der Waals surface area (Å²) in [5.41, 5.74) is -1.19. The molecular formula is C19H36O4. The molecule has 4 heteroatoms. The van der Waals surface area contributed by atoms with E-state index in [0.29, 0.717) is 12.8 Å². The monoisotopic (exact) mass is 328 g/mol. The van der Waals surface area contributed by atoms with Gasteiger partial charge in [0.1, 0.15) is 12.2 Å². The van der Waals surface area contributed by atoms with Crippen molar-refractivity contribution < 1.29 is 19.1 Å². The molecule has 0 spiro atoms. The Morgan fingerprint density at radius 2 is 1.04 bits per heavy atom. The number of hydrogen-bond acceptors (Lipinski definition) is 4. The summed E-state index contributed by atoms with van der Waals surface area (Å²) >= 11 is 0. The molecule has 0 saturated carbocycles. The summed E-state index contributed by atoms with van der Waals surface area (Å²) in [6, 6.07) is 0. The van der Waals surface area contributed by atoms with E-state index in [0.717, 1.165) is 12.8 Å². The summed E-state index contributed by atoms with van der Waals surface area (Å²) in [5.74, 6) is -0.367. The lowest BCUT2D eigenvalue weighted by Crippen LogP contribution is -2.44. The highest BCUT2D eigenvalue weighted by Gasteiger charge is 2.47. The van der Waals surface area contributed by atoms with Crippen LogP contribution < -0.4 is 0 Å². The second-order valence-corrected chi connectivity index (χ2v) is 6.78. The molecule has 0 amide bonds. The standard InChI is InChI=1S/C19H36O4/c1-9-13(5)15(7)22-17(20)19(11-3,12-4)18(21)23-16(8)14(6)10-2/h13-16H,9-12H2,1-8H3. The average molecular weight is 328 g/mol. The molecule has 23 heavy (non-hydrogen) atoms. The van der Waals surface area contributed by atoms with Gasteiger partial charge in [-0.2, -0.15) is 0 Å². The first-order valence-corrected chi connectivity index (χ1v) is 9.12. The molecule has 0 aromatic rings. The van der Waals surface area contributed by atoms with Crippen molar-refractivity contribution >= 4 is 11.9 Å². The minimum atomic E-state index is -1.19. The quantitative estimate of drug-likeness (QED) is 0.429. The summed E-state index contributed by atoms with van der Waals surface area (Å²) in [5, 5.41) is 0. The summed E-state index contributed by atoms with van der Waals surface area (Å²) in [6.07, 6.45) is 2.22. The summed E-state index contributed by atoms with van der Waals surface area (Å²) < 4.78 is 11.2. The molecule has 0 N–H and O–H groups in total. The van der Waals surface area contributed by atoms with Gasteiger partial charge >= 0.3 is 11.9 Å². The van der Waals surface area contributed by atoms with Gasteiger partial charge in [-0.05, 0) is 38.5 Å². The normalized spacial score (nSPS) is 17.0. The molecule has 0 heterocycles. The van der Waals surface area contributed by atoms with Gasteiger partial charge in [0.25, 0.3) is 0 Å². The molecule has 0 bridgehead atoms. The van der Waals surface area contributed by atoms with Crippen molar-refractivity contribution in [2.24, 2.45) is 17.3 Å². The molecule has 4 nitrogen and oxygen atoms in total. The van der Waals surface area contributed by atoms with Gasteiger partial charge < -0.3 is 9.47 Å². The smallest absolute Gasteiger partial charge is 0.323 e. The second-order valence-electron chi connectivity index (χ2n) is 6.78. The molecule has 0 aliphatic heterocycles. The average Bonchev–Trinajstić information content (AvgIpc) is 2.54. The molecule has 0 fully saturated rings. The van der Waals surface area contributed by atoms with Gasteiger partial charge in [-0.15, -0.1) is 0 Å².